The minimum atomic E-state index is 0.355. The van der Waals surface area contributed by atoms with Crippen molar-refractivity contribution in [3.8, 4) is 12.1 Å². The molecule has 1 saturated heterocycles. The first-order valence-electron chi connectivity index (χ1n) is 7.03. The molecule has 0 bridgehead atoms. The quantitative estimate of drug-likeness (QED) is 0.834. The largest absolute Gasteiger partial charge is 0.367 e. The molecule has 22 heavy (non-hydrogen) atoms. The highest BCUT2D eigenvalue weighted by molar-refractivity contribution is 5.60. The number of hydrogen-bond donors (Lipinski definition) is 0. The summed E-state index contributed by atoms with van der Waals surface area (Å²) in [5.74, 6) is 0.637. The molecule has 0 saturated carbocycles. The van der Waals surface area contributed by atoms with Gasteiger partial charge < -0.3 is 9.80 Å². The number of benzene rings is 1. The first-order chi connectivity index (χ1) is 10.8. The smallest absolute Gasteiger partial charge is 0.183 e. The number of aromatic nitrogens is 2. The highest BCUT2D eigenvalue weighted by atomic mass is 15.3. The number of nitriles is 2. The summed E-state index contributed by atoms with van der Waals surface area (Å²) in [5, 5.41) is 18.3. The van der Waals surface area contributed by atoms with Gasteiger partial charge in [0.25, 0.3) is 0 Å². The number of para-hydroxylation sites is 1. The van der Waals surface area contributed by atoms with Crippen molar-refractivity contribution < 1.29 is 0 Å². The molecule has 0 radical (unpaired) electrons. The summed E-state index contributed by atoms with van der Waals surface area (Å²) in [6.45, 7) is 3.04. The lowest BCUT2D eigenvalue weighted by Gasteiger charge is -2.37. The second kappa shape index (κ2) is 6.11. The fourth-order valence-corrected chi connectivity index (χ4v) is 2.64. The van der Waals surface area contributed by atoms with E-state index in [9.17, 15) is 5.26 Å². The molecule has 6 nitrogen and oxygen atoms in total. The predicted octanol–water partition coefficient (Wildman–Crippen LogP) is 1.55. The Kier molecular flexibility index (Phi) is 3.84. The van der Waals surface area contributed by atoms with Crippen molar-refractivity contribution in [1.82, 2.24) is 9.97 Å². The fraction of sp³-hybridized carbons (Fsp3) is 0.250. The van der Waals surface area contributed by atoms with Crippen LogP contribution in [-0.4, -0.2) is 36.1 Å². The SMILES string of the molecule is N#Cc1ccccc1N1CCN(c2nccnc2C#N)CC1. The zero-order valence-corrected chi connectivity index (χ0v) is 12.0. The van der Waals surface area contributed by atoms with Gasteiger partial charge in [0.15, 0.2) is 11.5 Å². The van der Waals surface area contributed by atoms with Gasteiger partial charge in [0.05, 0.1) is 11.3 Å². The molecule has 0 unspecified atom stereocenters. The van der Waals surface area contributed by atoms with Crippen molar-refractivity contribution in [2.45, 2.75) is 0 Å². The Morgan fingerprint density at radius 2 is 1.55 bits per heavy atom. The average Bonchev–Trinajstić information content (AvgIpc) is 2.62. The standard InChI is InChI=1S/C16H14N6/c17-11-13-3-1-2-4-15(13)21-7-9-22(10-8-21)16-14(12-18)19-5-6-20-16/h1-6H,7-10H2. The molecule has 1 aromatic heterocycles. The Hall–Kier alpha value is -3.12. The number of rotatable bonds is 2. The number of nitrogens with zero attached hydrogens (tertiary/aromatic N) is 6. The summed E-state index contributed by atoms with van der Waals surface area (Å²) in [4.78, 5) is 12.6. The van der Waals surface area contributed by atoms with Gasteiger partial charge in [0.2, 0.25) is 0 Å². The fourth-order valence-electron chi connectivity index (χ4n) is 2.64. The molecule has 6 heteroatoms. The molecule has 3 rings (SSSR count). The van der Waals surface area contributed by atoms with Crippen molar-refractivity contribution in [3.05, 3.63) is 47.9 Å². The van der Waals surface area contributed by atoms with Gasteiger partial charge in [-0.05, 0) is 12.1 Å². The topological polar surface area (TPSA) is 79.8 Å². The highest BCUT2D eigenvalue weighted by Crippen LogP contribution is 2.23. The van der Waals surface area contributed by atoms with E-state index in [1.165, 1.54) is 6.20 Å². The second-order valence-corrected chi connectivity index (χ2v) is 4.94. The first kappa shape index (κ1) is 13.8. The third-order valence-corrected chi connectivity index (χ3v) is 3.73. The van der Waals surface area contributed by atoms with Crippen LogP contribution in [0.15, 0.2) is 36.7 Å². The molecule has 2 aromatic rings. The Morgan fingerprint density at radius 1 is 0.864 bits per heavy atom. The molecule has 0 spiro atoms. The average molecular weight is 290 g/mol. The molecule has 108 valence electrons. The van der Waals surface area contributed by atoms with Crippen LogP contribution in [0.4, 0.5) is 11.5 Å². The maximum Gasteiger partial charge on any atom is 0.183 e. The van der Waals surface area contributed by atoms with E-state index >= 15 is 0 Å². The molecule has 1 fully saturated rings. The van der Waals surface area contributed by atoms with Gasteiger partial charge in [0, 0.05) is 38.6 Å². The minimum Gasteiger partial charge on any atom is -0.367 e. The van der Waals surface area contributed by atoms with Crippen molar-refractivity contribution in [2.24, 2.45) is 0 Å². The van der Waals surface area contributed by atoms with Crippen molar-refractivity contribution in [3.63, 3.8) is 0 Å². The lowest BCUT2D eigenvalue weighted by molar-refractivity contribution is 0.645. The monoisotopic (exact) mass is 290 g/mol. The van der Waals surface area contributed by atoms with Crippen LogP contribution in [0.25, 0.3) is 0 Å². The van der Waals surface area contributed by atoms with E-state index in [1.54, 1.807) is 6.20 Å². The van der Waals surface area contributed by atoms with E-state index < -0.39 is 0 Å². The van der Waals surface area contributed by atoms with Crippen molar-refractivity contribution in [2.75, 3.05) is 36.0 Å². The molecular weight excluding hydrogens is 276 g/mol. The molecule has 0 atom stereocenters. The van der Waals surface area contributed by atoms with Gasteiger partial charge >= 0.3 is 0 Å². The van der Waals surface area contributed by atoms with Crippen LogP contribution >= 0.6 is 0 Å². The van der Waals surface area contributed by atoms with E-state index in [0.717, 1.165) is 31.9 Å². The summed E-state index contributed by atoms with van der Waals surface area (Å²) in [6.07, 6.45) is 3.13. The summed E-state index contributed by atoms with van der Waals surface area (Å²) in [6, 6.07) is 11.9. The third kappa shape index (κ3) is 2.55. The Balaban J connectivity index is 1.76. The Bertz CT molecular complexity index is 684. The highest BCUT2D eigenvalue weighted by Gasteiger charge is 2.22. The lowest BCUT2D eigenvalue weighted by Crippen LogP contribution is -2.47. The minimum absolute atomic E-state index is 0.355. The summed E-state index contributed by atoms with van der Waals surface area (Å²) in [7, 11) is 0. The second-order valence-electron chi connectivity index (χ2n) is 4.94. The van der Waals surface area contributed by atoms with Crippen LogP contribution in [0.1, 0.15) is 11.3 Å². The molecule has 1 aliphatic heterocycles. The molecule has 1 aromatic carbocycles. The van der Waals surface area contributed by atoms with Crippen LogP contribution in [-0.2, 0) is 0 Å². The van der Waals surface area contributed by atoms with E-state index in [-0.39, 0.29) is 0 Å². The molecule has 2 heterocycles. The third-order valence-electron chi connectivity index (χ3n) is 3.73. The van der Waals surface area contributed by atoms with Crippen molar-refractivity contribution in [1.29, 1.82) is 10.5 Å². The van der Waals surface area contributed by atoms with Crippen LogP contribution in [0.2, 0.25) is 0 Å². The zero-order valence-electron chi connectivity index (χ0n) is 12.0. The summed E-state index contributed by atoms with van der Waals surface area (Å²) in [5.41, 5.74) is 2.01. The first-order valence-corrected chi connectivity index (χ1v) is 7.03. The van der Waals surface area contributed by atoms with Crippen LogP contribution in [0.5, 0.6) is 0 Å². The van der Waals surface area contributed by atoms with Gasteiger partial charge in [-0.3, -0.25) is 0 Å². The van der Waals surface area contributed by atoms with Gasteiger partial charge in [-0.2, -0.15) is 10.5 Å². The number of piperazine rings is 1. The normalized spacial score (nSPS) is 14.3. The molecular formula is C16H14N6. The molecule has 0 N–H and O–H groups in total. The summed E-state index contributed by atoms with van der Waals surface area (Å²) < 4.78 is 0. The van der Waals surface area contributed by atoms with Crippen LogP contribution in [0.3, 0.4) is 0 Å². The molecule has 0 aliphatic carbocycles. The maximum atomic E-state index is 9.21. The number of hydrogen-bond acceptors (Lipinski definition) is 6. The zero-order chi connectivity index (χ0) is 15.4. The number of anilines is 2. The predicted molar refractivity (Wildman–Crippen MR) is 82.3 cm³/mol. The van der Waals surface area contributed by atoms with Gasteiger partial charge in [-0.1, -0.05) is 12.1 Å². The molecule has 0 amide bonds. The maximum absolute atomic E-state index is 9.21. The van der Waals surface area contributed by atoms with Crippen molar-refractivity contribution >= 4 is 11.5 Å². The van der Waals surface area contributed by atoms with Crippen LogP contribution in [0, 0.1) is 22.7 Å². The Morgan fingerprint density at radius 3 is 2.27 bits per heavy atom. The lowest BCUT2D eigenvalue weighted by atomic mass is 10.1. The van der Waals surface area contributed by atoms with Gasteiger partial charge in [-0.15, -0.1) is 0 Å². The van der Waals surface area contributed by atoms with E-state index in [1.807, 2.05) is 24.3 Å². The van der Waals surface area contributed by atoms with Gasteiger partial charge in [-0.25, -0.2) is 9.97 Å². The van der Waals surface area contributed by atoms with E-state index in [2.05, 4.69) is 31.9 Å². The van der Waals surface area contributed by atoms with Crippen LogP contribution < -0.4 is 9.80 Å². The molecule has 1 aliphatic rings. The Labute approximate surface area is 128 Å². The van der Waals surface area contributed by atoms with E-state index in [0.29, 0.717) is 17.1 Å². The van der Waals surface area contributed by atoms with Gasteiger partial charge in [0.1, 0.15) is 12.1 Å². The summed E-state index contributed by atoms with van der Waals surface area (Å²) >= 11 is 0. The van der Waals surface area contributed by atoms with E-state index in [4.69, 9.17) is 5.26 Å².